The van der Waals surface area contributed by atoms with Crippen molar-refractivity contribution in [2.45, 2.75) is 0 Å². The van der Waals surface area contributed by atoms with Crippen molar-refractivity contribution < 1.29 is 14.4 Å². The molecule has 0 saturated heterocycles. The van der Waals surface area contributed by atoms with Gasteiger partial charge in [-0.3, -0.25) is 0 Å². The number of phenols is 1. The number of aromatic nitrogens is 1. The fourth-order valence-electron chi connectivity index (χ4n) is 1.28. The van der Waals surface area contributed by atoms with Gasteiger partial charge in [-0.15, -0.1) is 0 Å². The number of phenolic OH excluding ortho intramolecular Hbond substituents is 1. The van der Waals surface area contributed by atoms with Gasteiger partial charge in [-0.2, -0.15) is 0 Å². The summed E-state index contributed by atoms with van der Waals surface area (Å²) in [5.74, 6) is 0.960. The van der Waals surface area contributed by atoms with Gasteiger partial charge in [-0.1, -0.05) is 5.16 Å². The van der Waals surface area contributed by atoms with Crippen LogP contribution >= 0.6 is 0 Å². The number of hydrogen-bond donors (Lipinski definition) is 2. The number of aromatic hydroxyl groups is 1. The number of benzene rings is 1. The maximum Gasteiger partial charge on any atom is 0.193 e. The van der Waals surface area contributed by atoms with Crippen LogP contribution in [0, 0.1) is 0 Å². The maximum atomic E-state index is 9.70. The first-order valence-corrected chi connectivity index (χ1v) is 4.30. The molecule has 1 aromatic carbocycles. The van der Waals surface area contributed by atoms with Crippen molar-refractivity contribution in [3.05, 3.63) is 24.4 Å². The van der Waals surface area contributed by atoms with E-state index in [0.29, 0.717) is 22.8 Å². The summed E-state index contributed by atoms with van der Waals surface area (Å²) in [5, 5.41) is 13.2. The number of nitrogens with two attached hydrogens (primary N) is 1. The first kappa shape index (κ1) is 9.39. The zero-order chi connectivity index (χ0) is 10.8. The second kappa shape index (κ2) is 3.53. The largest absolute Gasteiger partial charge is 0.507 e. The van der Waals surface area contributed by atoms with E-state index in [-0.39, 0.29) is 5.75 Å². The predicted octanol–water partition coefficient (Wildman–Crippen LogP) is 1.64. The van der Waals surface area contributed by atoms with E-state index in [1.54, 1.807) is 12.1 Å². The molecule has 15 heavy (non-hydrogen) atoms. The van der Waals surface area contributed by atoms with Crippen molar-refractivity contribution in [1.82, 2.24) is 5.16 Å². The van der Waals surface area contributed by atoms with E-state index >= 15 is 0 Å². The molecule has 3 N–H and O–H groups in total. The molecule has 0 aliphatic rings. The van der Waals surface area contributed by atoms with E-state index in [1.165, 1.54) is 19.4 Å². The zero-order valence-electron chi connectivity index (χ0n) is 8.10. The number of ether oxygens (including phenoxy) is 1. The van der Waals surface area contributed by atoms with Crippen LogP contribution < -0.4 is 10.5 Å². The molecule has 0 aliphatic heterocycles. The van der Waals surface area contributed by atoms with Crippen LogP contribution in [0.1, 0.15) is 0 Å². The minimum atomic E-state index is 0.0396. The molecule has 0 amide bonds. The second-order valence-electron chi connectivity index (χ2n) is 2.99. The molecular formula is C10H10N2O3. The number of methoxy groups -OCH3 is 1. The Morgan fingerprint density at radius 1 is 1.47 bits per heavy atom. The second-order valence-corrected chi connectivity index (χ2v) is 2.99. The Kier molecular flexibility index (Phi) is 2.21. The molecule has 0 saturated carbocycles. The van der Waals surface area contributed by atoms with Gasteiger partial charge in [-0.05, 0) is 12.1 Å². The van der Waals surface area contributed by atoms with Crippen LogP contribution in [0.25, 0.3) is 11.3 Å². The third kappa shape index (κ3) is 1.59. The van der Waals surface area contributed by atoms with Gasteiger partial charge in [0.15, 0.2) is 5.76 Å². The molecule has 2 aromatic rings. The van der Waals surface area contributed by atoms with Crippen molar-refractivity contribution in [1.29, 1.82) is 0 Å². The van der Waals surface area contributed by atoms with Gasteiger partial charge in [0, 0.05) is 6.07 Å². The van der Waals surface area contributed by atoms with E-state index in [4.69, 9.17) is 15.0 Å². The van der Waals surface area contributed by atoms with Gasteiger partial charge in [0.2, 0.25) is 0 Å². The standard InChI is InChI=1S/C10H10N2O3/c1-14-6-2-3-7(9(13)4-6)10-8(11)5-12-15-10/h2-5,13H,11H2,1H3. The lowest BCUT2D eigenvalue weighted by molar-refractivity contribution is 0.405. The Hall–Kier alpha value is -2.17. The Morgan fingerprint density at radius 3 is 2.80 bits per heavy atom. The molecular weight excluding hydrogens is 196 g/mol. The highest BCUT2D eigenvalue weighted by Gasteiger charge is 2.12. The van der Waals surface area contributed by atoms with Gasteiger partial charge >= 0.3 is 0 Å². The molecule has 0 spiro atoms. The minimum Gasteiger partial charge on any atom is -0.507 e. The molecule has 0 radical (unpaired) electrons. The maximum absolute atomic E-state index is 9.70. The highest BCUT2D eigenvalue weighted by molar-refractivity contribution is 5.75. The summed E-state index contributed by atoms with van der Waals surface area (Å²) in [4.78, 5) is 0. The molecule has 0 fully saturated rings. The van der Waals surface area contributed by atoms with E-state index in [9.17, 15) is 5.11 Å². The van der Waals surface area contributed by atoms with Crippen LogP contribution in [0.2, 0.25) is 0 Å². The van der Waals surface area contributed by atoms with Gasteiger partial charge in [0.25, 0.3) is 0 Å². The van der Waals surface area contributed by atoms with Gasteiger partial charge in [0.05, 0.1) is 18.9 Å². The molecule has 78 valence electrons. The number of nitrogen functional groups attached to an aromatic ring is 1. The lowest BCUT2D eigenvalue weighted by atomic mass is 10.1. The van der Waals surface area contributed by atoms with Crippen molar-refractivity contribution in [2.75, 3.05) is 12.8 Å². The zero-order valence-corrected chi connectivity index (χ0v) is 8.10. The van der Waals surface area contributed by atoms with E-state index in [1.807, 2.05) is 0 Å². The predicted molar refractivity (Wildman–Crippen MR) is 54.6 cm³/mol. The molecule has 0 unspecified atom stereocenters. The summed E-state index contributed by atoms with van der Waals surface area (Å²) >= 11 is 0. The quantitative estimate of drug-likeness (QED) is 0.780. The Balaban J connectivity index is 2.50. The first-order chi connectivity index (χ1) is 7.22. The van der Waals surface area contributed by atoms with Crippen LogP contribution in [0.4, 0.5) is 5.69 Å². The van der Waals surface area contributed by atoms with Crippen LogP contribution in [0.3, 0.4) is 0 Å². The number of rotatable bonds is 2. The van der Waals surface area contributed by atoms with Crippen LogP contribution in [0.5, 0.6) is 11.5 Å². The molecule has 5 nitrogen and oxygen atoms in total. The van der Waals surface area contributed by atoms with Crippen LogP contribution in [-0.4, -0.2) is 17.4 Å². The normalized spacial score (nSPS) is 10.2. The monoisotopic (exact) mass is 206 g/mol. The summed E-state index contributed by atoms with van der Waals surface area (Å²) in [6.07, 6.45) is 1.39. The fraction of sp³-hybridized carbons (Fsp3) is 0.100. The van der Waals surface area contributed by atoms with Gasteiger partial charge in [-0.25, -0.2) is 0 Å². The highest BCUT2D eigenvalue weighted by Crippen LogP contribution is 2.35. The van der Waals surface area contributed by atoms with Gasteiger partial charge < -0.3 is 20.1 Å². The molecule has 1 heterocycles. The van der Waals surface area contributed by atoms with Crippen molar-refractivity contribution in [3.8, 4) is 22.8 Å². The van der Waals surface area contributed by atoms with Crippen LogP contribution in [-0.2, 0) is 0 Å². The summed E-state index contributed by atoms with van der Waals surface area (Å²) < 4.78 is 9.89. The smallest absolute Gasteiger partial charge is 0.193 e. The summed E-state index contributed by atoms with van der Waals surface area (Å²) in [6.45, 7) is 0. The third-order valence-corrected chi connectivity index (χ3v) is 2.05. The number of nitrogens with zero attached hydrogens (tertiary/aromatic N) is 1. The van der Waals surface area contributed by atoms with E-state index in [2.05, 4.69) is 5.16 Å². The molecule has 5 heteroatoms. The van der Waals surface area contributed by atoms with Crippen LogP contribution in [0.15, 0.2) is 28.9 Å². The summed E-state index contributed by atoms with van der Waals surface area (Å²) in [7, 11) is 1.53. The van der Waals surface area contributed by atoms with E-state index < -0.39 is 0 Å². The molecule has 0 bridgehead atoms. The fourth-order valence-corrected chi connectivity index (χ4v) is 1.28. The SMILES string of the molecule is COc1ccc(-c2oncc2N)c(O)c1. The van der Waals surface area contributed by atoms with Crippen molar-refractivity contribution in [3.63, 3.8) is 0 Å². The Bertz CT molecular complexity index is 479. The topological polar surface area (TPSA) is 81.5 Å². The highest BCUT2D eigenvalue weighted by atomic mass is 16.5. The Labute approximate surface area is 86.1 Å². The molecule has 2 rings (SSSR count). The first-order valence-electron chi connectivity index (χ1n) is 4.30. The summed E-state index contributed by atoms with van der Waals surface area (Å²) in [6, 6.07) is 4.85. The molecule has 1 aromatic heterocycles. The van der Waals surface area contributed by atoms with E-state index in [0.717, 1.165) is 0 Å². The molecule has 0 aliphatic carbocycles. The number of hydrogen-bond acceptors (Lipinski definition) is 5. The van der Waals surface area contributed by atoms with Crippen molar-refractivity contribution in [2.24, 2.45) is 0 Å². The Morgan fingerprint density at radius 2 is 2.27 bits per heavy atom. The lowest BCUT2D eigenvalue weighted by Gasteiger charge is -2.04. The number of anilines is 1. The lowest BCUT2D eigenvalue weighted by Crippen LogP contribution is -1.87. The van der Waals surface area contributed by atoms with Gasteiger partial charge in [0.1, 0.15) is 17.2 Å². The minimum absolute atomic E-state index is 0.0396. The van der Waals surface area contributed by atoms with Crippen molar-refractivity contribution >= 4 is 5.69 Å². The third-order valence-electron chi connectivity index (χ3n) is 2.05. The average molecular weight is 206 g/mol. The average Bonchev–Trinajstić information content (AvgIpc) is 2.64. The molecule has 0 atom stereocenters. The summed E-state index contributed by atoms with van der Waals surface area (Å²) in [5.41, 5.74) is 6.49.